The van der Waals surface area contributed by atoms with E-state index in [1.165, 1.54) is 20.0 Å². The van der Waals surface area contributed by atoms with Crippen LogP contribution in [0.15, 0.2) is 15.8 Å². The Kier molecular flexibility index (Phi) is 6.39. The van der Waals surface area contributed by atoms with Gasteiger partial charge in [0.1, 0.15) is 30.2 Å². The molecule has 3 aliphatic rings. The zero-order valence-corrected chi connectivity index (χ0v) is 18.7. The van der Waals surface area contributed by atoms with Crippen LogP contribution in [0.4, 0.5) is 4.79 Å². The number of rotatable bonds is 5. The van der Waals surface area contributed by atoms with E-state index in [1.807, 2.05) is 0 Å². The molecular formula is C20H28N4O10. The number of urea groups is 1. The van der Waals surface area contributed by atoms with Crippen molar-refractivity contribution in [1.82, 2.24) is 19.4 Å². The maximum Gasteiger partial charge on any atom is 0.334 e. The van der Waals surface area contributed by atoms with Gasteiger partial charge in [-0.1, -0.05) is 0 Å². The molecule has 3 saturated heterocycles. The number of carbonyl (C=O) groups excluding carboxylic acids is 2. The zero-order valence-electron chi connectivity index (χ0n) is 18.7. The Balaban J connectivity index is 1.74. The fraction of sp³-hybridized carbons (Fsp3) is 0.700. The first-order chi connectivity index (χ1) is 16.0. The van der Waals surface area contributed by atoms with Crippen LogP contribution in [0.2, 0.25) is 0 Å². The summed E-state index contributed by atoms with van der Waals surface area (Å²) in [5.74, 6) is -0.886. The van der Waals surface area contributed by atoms with E-state index >= 15 is 0 Å². The summed E-state index contributed by atoms with van der Waals surface area (Å²) in [6, 6.07) is -0.827. The minimum Gasteiger partial charge on any atom is -0.394 e. The molecule has 14 nitrogen and oxygen atoms in total. The van der Waals surface area contributed by atoms with E-state index < -0.39 is 85.4 Å². The first-order valence-corrected chi connectivity index (χ1v) is 10.9. The van der Waals surface area contributed by atoms with E-state index in [0.717, 1.165) is 14.0 Å². The van der Waals surface area contributed by atoms with Gasteiger partial charge < -0.3 is 29.9 Å². The summed E-state index contributed by atoms with van der Waals surface area (Å²) in [5.41, 5.74) is -3.41. The van der Waals surface area contributed by atoms with Crippen molar-refractivity contribution >= 4 is 11.9 Å². The van der Waals surface area contributed by atoms with Gasteiger partial charge >= 0.3 is 11.7 Å². The summed E-state index contributed by atoms with van der Waals surface area (Å²) in [7, 11) is 0. The van der Waals surface area contributed by atoms with Crippen LogP contribution in [-0.4, -0.2) is 96.8 Å². The average molecular weight is 484 g/mol. The lowest BCUT2D eigenvalue weighted by Gasteiger charge is -2.41. The van der Waals surface area contributed by atoms with Crippen LogP contribution >= 0.6 is 0 Å². The Morgan fingerprint density at radius 1 is 1.03 bits per heavy atom. The molecule has 0 aromatic carbocycles. The number of hydrogen-bond donors (Lipinski definition) is 5. The van der Waals surface area contributed by atoms with E-state index in [4.69, 9.17) is 9.47 Å². The van der Waals surface area contributed by atoms with Crippen LogP contribution < -0.4 is 16.6 Å². The summed E-state index contributed by atoms with van der Waals surface area (Å²) in [5, 5.41) is 41.0. The standard InChI is InChI=1S/C20H28N4O10/c1-9-5-22(14-3-10(27)12(6-25)33-14)19(32)24(16(9)29)20(2)8-23(18(31)21-17(20)30)15-4-11(28)13(7-26)34-15/h5,10-15,25-28H,3-4,6-8H2,1-2H3,(H,21,30,31)/t10-,11-,12+,13+,14+,15+,20+/m0/s1. The molecule has 4 rings (SSSR count). The number of ether oxygens (including phenoxy) is 2. The van der Waals surface area contributed by atoms with Crippen LogP contribution in [0.3, 0.4) is 0 Å². The zero-order chi connectivity index (χ0) is 24.9. The summed E-state index contributed by atoms with van der Waals surface area (Å²) in [6.07, 6.45) is -4.70. The number of hydrogen-bond acceptors (Lipinski definition) is 10. The molecule has 3 fully saturated rings. The van der Waals surface area contributed by atoms with E-state index in [1.54, 1.807) is 0 Å². The minimum atomic E-state index is -1.85. The van der Waals surface area contributed by atoms with E-state index in [9.17, 15) is 39.6 Å². The number of nitrogens with zero attached hydrogens (tertiary/aromatic N) is 3. The van der Waals surface area contributed by atoms with Gasteiger partial charge in [-0.15, -0.1) is 0 Å². The third-order valence-electron chi connectivity index (χ3n) is 6.65. The molecule has 34 heavy (non-hydrogen) atoms. The van der Waals surface area contributed by atoms with Gasteiger partial charge in [0.15, 0.2) is 0 Å². The lowest BCUT2D eigenvalue weighted by atomic mass is 9.97. The normalized spacial score (nSPS) is 36.2. The monoisotopic (exact) mass is 484 g/mol. The summed E-state index contributed by atoms with van der Waals surface area (Å²) in [4.78, 5) is 53.2. The molecular weight excluding hydrogens is 456 g/mol. The summed E-state index contributed by atoms with van der Waals surface area (Å²) in [6.45, 7) is 1.40. The fourth-order valence-electron chi connectivity index (χ4n) is 4.65. The molecule has 0 spiro atoms. The number of carbonyl (C=O) groups is 2. The van der Waals surface area contributed by atoms with Gasteiger partial charge in [-0.3, -0.25) is 24.4 Å². The number of aliphatic hydroxyl groups is 4. The maximum absolute atomic E-state index is 13.5. The van der Waals surface area contributed by atoms with Crippen LogP contribution in [0, 0.1) is 6.92 Å². The highest BCUT2D eigenvalue weighted by Gasteiger charge is 2.50. The molecule has 5 N–H and O–H groups in total. The van der Waals surface area contributed by atoms with E-state index in [2.05, 4.69) is 5.32 Å². The highest BCUT2D eigenvalue weighted by atomic mass is 16.5. The third kappa shape index (κ3) is 3.85. The molecule has 188 valence electrons. The highest BCUT2D eigenvalue weighted by Crippen LogP contribution is 2.30. The minimum absolute atomic E-state index is 0.0212. The molecule has 7 atom stereocenters. The van der Waals surface area contributed by atoms with Crippen LogP contribution in [0.1, 0.15) is 31.6 Å². The van der Waals surface area contributed by atoms with Gasteiger partial charge in [-0.2, -0.15) is 0 Å². The van der Waals surface area contributed by atoms with Crippen molar-refractivity contribution in [1.29, 1.82) is 0 Å². The second-order valence-electron chi connectivity index (χ2n) is 9.03. The molecule has 4 heterocycles. The van der Waals surface area contributed by atoms with Crippen LogP contribution in [-0.2, 0) is 19.8 Å². The number of aryl methyl sites for hydroxylation is 1. The Morgan fingerprint density at radius 2 is 1.59 bits per heavy atom. The number of imide groups is 1. The molecule has 0 saturated carbocycles. The molecule has 0 bridgehead atoms. The predicted octanol–water partition coefficient (Wildman–Crippen LogP) is -3.31. The van der Waals surface area contributed by atoms with E-state index in [-0.39, 0.29) is 18.4 Å². The highest BCUT2D eigenvalue weighted by molar-refractivity contribution is 6.01. The smallest absolute Gasteiger partial charge is 0.334 e. The first kappa shape index (κ1) is 24.5. The molecule has 0 unspecified atom stereocenters. The predicted molar refractivity (Wildman–Crippen MR) is 112 cm³/mol. The Labute approximate surface area is 192 Å². The van der Waals surface area contributed by atoms with Gasteiger partial charge in [0.05, 0.1) is 32.0 Å². The van der Waals surface area contributed by atoms with Crippen molar-refractivity contribution in [3.8, 4) is 0 Å². The molecule has 1 aromatic rings. The lowest BCUT2D eigenvalue weighted by Crippen LogP contribution is -2.69. The van der Waals surface area contributed by atoms with Crippen molar-refractivity contribution in [2.24, 2.45) is 0 Å². The van der Waals surface area contributed by atoms with Crippen molar-refractivity contribution < 1.29 is 39.5 Å². The van der Waals surface area contributed by atoms with Crippen molar-refractivity contribution in [3.63, 3.8) is 0 Å². The quantitative estimate of drug-likeness (QED) is 0.283. The SMILES string of the molecule is Cc1cn([C@H]2C[C@H](O)[C@@H](CO)O2)c(=O)n([C@]2(C)CN([C@H]3C[C@H](O)[C@@H](CO)O3)C(=O)NC2=O)c1=O. The van der Waals surface area contributed by atoms with Crippen LogP contribution in [0.25, 0.3) is 0 Å². The molecule has 1 aromatic heterocycles. The van der Waals surface area contributed by atoms with Gasteiger partial charge in [-0.05, 0) is 13.8 Å². The number of aromatic nitrogens is 2. The molecule has 0 aliphatic carbocycles. The van der Waals surface area contributed by atoms with E-state index in [0.29, 0.717) is 0 Å². The van der Waals surface area contributed by atoms with Crippen molar-refractivity contribution in [2.75, 3.05) is 19.8 Å². The third-order valence-corrected chi connectivity index (χ3v) is 6.65. The topological polar surface area (TPSA) is 193 Å². The van der Waals surface area contributed by atoms with Gasteiger partial charge in [0.25, 0.3) is 11.5 Å². The molecule has 3 amide bonds. The average Bonchev–Trinajstić information content (AvgIpc) is 3.35. The maximum atomic E-state index is 13.5. The first-order valence-electron chi connectivity index (χ1n) is 10.9. The lowest BCUT2D eigenvalue weighted by molar-refractivity contribution is -0.135. The fourth-order valence-corrected chi connectivity index (χ4v) is 4.65. The summed E-state index contributed by atoms with van der Waals surface area (Å²) < 4.78 is 12.9. The van der Waals surface area contributed by atoms with Gasteiger partial charge in [0, 0.05) is 24.6 Å². The number of nitrogens with one attached hydrogen (secondary N) is 1. The molecule has 0 radical (unpaired) electrons. The Bertz CT molecular complexity index is 1100. The van der Waals surface area contributed by atoms with Gasteiger partial charge in [-0.25, -0.2) is 14.2 Å². The Hall–Kier alpha value is -2.62. The Morgan fingerprint density at radius 3 is 2.15 bits per heavy atom. The second-order valence-corrected chi connectivity index (χ2v) is 9.03. The summed E-state index contributed by atoms with van der Waals surface area (Å²) >= 11 is 0. The van der Waals surface area contributed by atoms with Crippen molar-refractivity contribution in [2.45, 2.75) is 69.1 Å². The number of aliphatic hydroxyl groups excluding tert-OH is 4. The largest absolute Gasteiger partial charge is 0.394 e. The molecule has 3 aliphatic heterocycles. The molecule has 14 heteroatoms. The number of amides is 3. The van der Waals surface area contributed by atoms with Crippen LogP contribution in [0.5, 0.6) is 0 Å². The van der Waals surface area contributed by atoms with Crippen molar-refractivity contribution in [3.05, 3.63) is 32.6 Å². The second kappa shape index (κ2) is 8.87. The van der Waals surface area contributed by atoms with Gasteiger partial charge in [0.2, 0.25) is 0 Å².